The molecule has 0 heterocycles. The van der Waals surface area contributed by atoms with E-state index in [1.54, 1.807) is 0 Å². The summed E-state index contributed by atoms with van der Waals surface area (Å²) in [5.74, 6) is 0.546. The van der Waals surface area contributed by atoms with Crippen LogP contribution < -0.4 is 9.47 Å². The lowest BCUT2D eigenvalue weighted by molar-refractivity contribution is -0.145. The highest BCUT2D eigenvalue weighted by Crippen LogP contribution is 2.43. The second-order valence-corrected chi connectivity index (χ2v) is 10.6. The minimum absolute atomic E-state index is 0.233. The van der Waals surface area contributed by atoms with Crippen molar-refractivity contribution in [2.45, 2.75) is 90.3 Å². The van der Waals surface area contributed by atoms with E-state index in [0.29, 0.717) is 0 Å². The van der Waals surface area contributed by atoms with Gasteiger partial charge in [0.2, 0.25) is 0 Å². The Balaban J connectivity index is 1.90. The van der Waals surface area contributed by atoms with Crippen molar-refractivity contribution < 1.29 is 28.5 Å². The van der Waals surface area contributed by atoms with Gasteiger partial charge in [-0.15, -0.1) is 0 Å². The molecule has 0 saturated carbocycles. The maximum atomic E-state index is 12.1. The van der Waals surface area contributed by atoms with Gasteiger partial charge in [0.25, 0.3) is 0 Å². The van der Waals surface area contributed by atoms with Gasteiger partial charge >= 0.3 is 11.9 Å². The third-order valence-corrected chi connectivity index (χ3v) is 7.32. The van der Waals surface area contributed by atoms with Crippen molar-refractivity contribution in [1.82, 2.24) is 0 Å². The summed E-state index contributed by atoms with van der Waals surface area (Å²) in [6.45, 7) is 11.9. The van der Waals surface area contributed by atoms with Gasteiger partial charge in [-0.25, -0.2) is 9.59 Å². The zero-order chi connectivity index (χ0) is 30.2. The molecule has 0 spiro atoms. The Hall–Kier alpha value is -3.80. The van der Waals surface area contributed by atoms with Gasteiger partial charge in [0.15, 0.2) is 0 Å². The normalized spacial score (nSPS) is 12.4. The summed E-state index contributed by atoms with van der Waals surface area (Å²) in [5, 5.41) is 3.59. The first-order chi connectivity index (χ1) is 20.5. The lowest BCUT2D eigenvalue weighted by atomic mass is 10.0. The first kappa shape index (κ1) is 32.7. The van der Waals surface area contributed by atoms with Gasteiger partial charge in [0, 0.05) is 33.7 Å². The van der Waals surface area contributed by atoms with Crippen LogP contribution in [-0.2, 0) is 19.1 Å². The van der Waals surface area contributed by atoms with Gasteiger partial charge in [-0.2, -0.15) is 0 Å². The number of benzene rings is 3. The minimum atomic E-state index is -0.445. The van der Waals surface area contributed by atoms with E-state index in [1.807, 2.05) is 48.5 Å². The quantitative estimate of drug-likeness (QED) is 0.0581. The predicted molar refractivity (Wildman–Crippen MR) is 170 cm³/mol. The number of ether oxygens (including phenoxy) is 4. The molecular formula is C36H46O6. The largest absolute Gasteiger partial charge is 0.488 e. The van der Waals surface area contributed by atoms with E-state index in [4.69, 9.17) is 18.9 Å². The summed E-state index contributed by atoms with van der Waals surface area (Å²) in [7, 11) is 0. The lowest BCUT2D eigenvalue weighted by Crippen LogP contribution is -2.25. The van der Waals surface area contributed by atoms with E-state index >= 15 is 0 Å². The number of carbonyl (C=O) groups excluding carboxylic acids is 2. The number of hydrogen-bond acceptors (Lipinski definition) is 6. The average molecular weight is 575 g/mol. The monoisotopic (exact) mass is 574 g/mol. The molecule has 42 heavy (non-hydrogen) atoms. The summed E-state index contributed by atoms with van der Waals surface area (Å²) in [6.07, 6.45) is 11.7. The van der Waals surface area contributed by atoms with E-state index < -0.39 is 11.9 Å². The molecule has 0 N–H and O–H groups in total. The molecule has 0 aliphatic rings. The fourth-order valence-corrected chi connectivity index (χ4v) is 5.09. The van der Waals surface area contributed by atoms with Crippen LogP contribution in [0.3, 0.4) is 0 Å². The van der Waals surface area contributed by atoms with Crippen molar-refractivity contribution in [3.63, 3.8) is 0 Å². The summed E-state index contributed by atoms with van der Waals surface area (Å²) in [4.78, 5) is 24.1. The van der Waals surface area contributed by atoms with Crippen LogP contribution in [0.15, 0.2) is 73.8 Å². The van der Waals surface area contributed by atoms with Crippen molar-refractivity contribution in [3.05, 3.63) is 73.8 Å². The molecule has 0 radical (unpaired) electrons. The molecule has 2 unspecified atom stereocenters. The van der Waals surface area contributed by atoms with Crippen LogP contribution >= 0.6 is 0 Å². The van der Waals surface area contributed by atoms with E-state index in [0.717, 1.165) is 97.3 Å². The topological polar surface area (TPSA) is 71.1 Å². The molecule has 226 valence electrons. The lowest BCUT2D eigenvalue weighted by Gasteiger charge is -2.22. The molecule has 0 aliphatic heterocycles. The average Bonchev–Trinajstić information content (AvgIpc) is 3.02. The molecule has 2 atom stereocenters. The van der Waals surface area contributed by atoms with E-state index in [2.05, 4.69) is 27.0 Å². The Morgan fingerprint density at radius 3 is 1.29 bits per heavy atom. The van der Waals surface area contributed by atoms with E-state index in [1.165, 1.54) is 12.2 Å². The SMILES string of the molecule is C=CC(=O)OC(CCCCCC)COc1c2ccccc2c(OCC(CCCCCC)OC(=O)C=C)c2ccccc12. The van der Waals surface area contributed by atoms with Crippen molar-refractivity contribution in [2.24, 2.45) is 0 Å². The number of rotatable bonds is 20. The maximum absolute atomic E-state index is 12.1. The van der Waals surface area contributed by atoms with Crippen molar-refractivity contribution in [1.29, 1.82) is 0 Å². The number of unbranched alkanes of at least 4 members (excludes halogenated alkanes) is 6. The second-order valence-electron chi connectivity index (χ2n) is 10.6. The van der Waals surface area contributed by atoms with Gasteiger partial charge in [-0.05, 0) is 25.7 Å². The fourth-order valence-electron chi connectivity index (χ4n) is 5.09. The summed E-state index contributed by atoms with van der Waals surface area (Å²) in [6, 6.07) is 15.9. The number of esters is 2. The Labute approximate surface area is 250 Å². The first-order valence-electron chi connectivity index (χ1n) is 15.4. The van der Waals surface area contributed by atoms with E-state index in [9.17, 15) is 9.59 Å². The van der Waals surface area contributed by atoms with Crippen LogP contribution in [0.25, 0.3) is 21.5 Å². The fraction of sp³-hybridized carbons (Fsp3) is 0.444. The van der Waals surface area contributed by atoms with Crippen molar-refractivity contribution >= 4 is 33.5 Å². The highest BCUT2D eigenvalue weighted by Gasteiger charge is 2.21. The molecule has 3 aromatic rings. The third-order valence-electron chi connectivity index (χ3n) is 7.32. The van der Waals surface area contributed by atoms with Gasteiger partial charge in [0.05, 0.1) is 0 Å². The van der Waals surface area contributed by atoms with Gasteiger partial charge < -0.3 is 18.9 Å². The maximum Gasteiger partial charge on any atom is 0.330 e. The molecule has 6 nitrogen and oxygen atoms in total. The molecule has 0 saturated heterocycles. The molecule has 0 bridgehead atoms. The second kappa shape index (κ2) is 17.9. The Kier molecular flexibility index (Phi) is 13.9. The number of carbonyl (C=O) groups is 2. The third kappa shape index (κ3) is 9.64. The van der Waals surface area contributed by atoms with Gasteiger partial charge in [-0.3, -0.25) is 0 Å². The number of fused-ring (bicyclic) bond motifs is 2. The standard InChI is InChI=1S/C36H46O6/c1-5-9-11-13-19-27(41-33(37)7-3)25-39-35-29-21-15-17-23-31(29)36(32-24-18-16-22-30(32)35)40-26-28(42-34(38)8-4)20-14-12-10-6-2/h7-8,15-18,21-24,27-28H,3-6,9-14,19-20,25-26H2,1-2H3. The predicted octanol–water partition coefficient (Wildman–Crippen LogP) is 8.89. The zero-order valence-electron chi connectivity index (χ0n) is 25.3. The van der Waals surface area contributed by atoms with E-state index in [-0.39, 0.29) is 25.4 Å². The van der Waals surface area contributed by atoms with Crippen molar-refractivity contribution in [3.8, 4) is 11.5 Å². The molecule has 0 aromatic heterocycles. The molecule has 3 aromatic carbocycles. The molecule has 3 rings (SSSR count). The highest BCUT2D eigenvalue weighted by molar-refractivity contribution is 6.11. The molecule has 0 fully saturated rings. The molecule has 0 aliphatic carbocycles. The Morgan fingerprint density at radius 2 is 0.976 bits per heavy atom. The smallest absolute Gasteiger partial charge is 0.330 e. The van der Waals surface area contributed by atoms with Crippen LogP contribution in [0.4, 0.5) is 0 Å². The minimum Gasteiger partial charge on any atom is -0.488 e. The van der Waals surface area contributed by atoms with Gasteiger partial charge in [0.1, 0.15) is 36.9 Å². The van der Waals surface area contributed by atoms with Crippen LogP contribution in [-0.4, -0.2) is 37.4 Å². The van der Waals surface area contributed by atoms with Crippen LogP contribution in [0.1, 0.15) is 78.1 Å². The molecule has 0 amide bonds. The summed E-state index contributed by atoms with van der Waals surface area (Å²) < 4.78 is 24.2. The Bertz CT molecular complexity index is 1160. The first-order valence-corrected chi connectivity index (χ1v) is 15.4. The van der Waals surface area contributed by atoms with Crippen LogP contribution in [0.2, 0.25) is 0 Å². The van der Waals surface area contributed by atoms with Crippen LogP contribution in [0, 0.1) is 0 Å². The molecule has 6 heteroatoms. The summed E-state index contributed by atoms with van der Waals surface area (Å²) in [5.41, 5.74) is 0. The summed E-state index contributed by atoms with van der Waals surface area (Å²) >= 11 is 0. The Morgan fingerprint density at radius 1 is 0.619 bits per heavy atom. The van der Waals surface area contributed by atoms with Gasteiger partial charge in [-0.1, -0.05) is 114 Å². The van der Waals surface area contributed by atoms with Crippen molar-refractivity contribution in [2.75, 3.05) is 13.2 Å². The number of hydrogen-bond donors (Lipinski definition) is 0. The zero-order valence-corrected chi connectivity index (χ0v) is 25.3. The molecular weight excluding hydrogens is 528 g/mol. The highest BCUT2D eigenvalue weighted by atomic mass is 16.6. The van der Waals surface area contributed by atoms with Crippen LogP contribution in [0.5, 0.6) is 11.5 Å².